The Morgan fingerprint density at radius 3 is 2.67 bits per heavy atom. The molecule has 0 atom stereocenters. The first-order valence-corrected chi connectivity index (χ1v) is 4.65. The topological polar surface area (TPSA) is 49.4 Å². The van der Waals surface area contributed by atoms with Gasteiger partial charge in [-0.05, 0) is 18.2 Å². The molecule has 0 aliphatic carbocycles. The minimum atomic E-state index is -0.199. The van der Waals surface area contributed by atoms with E-state index < -0.39 is 0 Å². The van der Waals surface area contributed by atoms with Gasteiger partial charge < -0.3 is 10.2 Å². The predicted molar refractivity (Wildman–Crippen MR) is 59.2 cm³/mol. The van der Waals surface area contributed by atoms with Gasteiger partial charge in [0.15, 0.2) is 0 Å². The van der Waals surface area contributed by atoms with Crippen molar-refractivity contribution in [1.29, 1.82) is 0 Å². The standard InChI is InChI=1S/C10H11ClN2O2/c1-13(2)10(15)8-5-7(12-6-14)3-4-9(8)11/h3-6H,1-2H3,(H,12,14). The molecular weight excluding hydrogens is 216 g/mol. The molecule has 4 nitrogen and oxygen atoms in total. The van der Waals surface area contributed by atoms with Gasteiger partial charge in [0.05, 0.1) is 10.6 Å². The number of benzene rings is 1. The summed E-state index contributed by atoms with van der Waals surface area (Å²) in [6.07, 6.45) is 0.549. The number of amides is 2. The van der Waals surface area contributed by atoms with Crippen LogP contribution in [0.1, 0.15) is 10.4 Å². The predicted octanol–water partition coefficient (Wildman–Crippen LogP) is 1.61. The Bertz CT molecular complexity index is 391. The molecule has 0 aromatic heterocycles. The van der Waals surface area contributed by atoms with Gasteiger partial charge in [-0.15, -0.1) is 0 Å². The molecule has 0 aliphatic rings. The monoisotopic (exact) mass is 226 g/mol. The Morgan fingerprint density at radius 1 is 1.47 bits per heavy atom. The van der Waals surface area contributed by atoms with Gasteiger partial charge in [0.1, 0.15) is 0 Å². The van der Waals surface area contributed by atoms with Crippen LogP contribution < -0.4 is 5.32 Å². The zero-order valence-electron chi connectivity index (χ0n) is 8.45. The van der Waals surface area contributed by atoms with Crippen molar-refractivity contribution < 1.29 is 9.59 Å². The van der Waals surface area contributed by atoms with Crippen molar-refractivity contribution in [2.45, 2.75) is 0 Å². The number of nitrogens with one attached hydrogen (secondary N) is 1. The highest BCUT2D eigenvalue weighted by molar-refractivity contribution is 6.34. The van der Waals surface area contributed by atoms with Gasteiger partial charge in [-0.25, -0.2) is 0 Å². The maximum atomic E-state index is 11.6. The summed E-state index contributed by atoms with van der Waals surface area (Å²) in [6, 6.07) is 4.74. The molecule has 15 heavy (non-hydrogen) atoms. The van der Waals surface area contributed by atoms with Gasteiger partial charge in [0.25, 0.3) is 5.91 Å². The highest BCUT2D eigenvalue weighted by Gasteiger charge is 2.12. The van der Waals surface area contributed by atoms with E-state index in [2.05, 4.69) is 5.32 Å². The summed E-state index contributed by atoms with van der Waals surface area (Å²) in [5, 5.41) is 2.82. The summed E-state index contributed by atoms with van der Waals surface area (Å²) in [6.45, 7) is 0. The van der Waals surface area contributed by atoms with Crippen LogP contribution in [0.4, 0.5) is 5.69 Å². The van der Waals surface area contributed by atoms with E-state index in [9.17, 15) is 9.59 Å². The summed E-state index contributed by atoms with van der Waals surface area (Å²) in [5.74, 6) is -0.199. The van der Waals surface area contributed by atoms with Gasteiger partial charge in [0.2, 0.25) is 6.41 Å². The lowest BCUT2D eigenvalue weighted by atomic mass is 10.2. The van der Waals surface area contributed by atoms with Crippen molar-refractivity contribution in [1.82, 2.24) is 4.90 Å². The van der Waals surface area contributed by atoms with E-state index in [1.165, 1.54) is 4.90 Å². The van der Waals surface area contributed by atoms with Gasteiger partial charge in [0, 0.05) is 19.8 Å². The third-order valence-electron chi connectivity index (χ3n) is 1.83. The highest BCUT2D eigenvalue weighted by atomic mass is 35.5. The van der Waals surface area contributed by atoms with Crippen LogP contribution >= 0.6 is 11.6 Å². The maximum absolute atomic E-state index is 11.6. The first kappa shape index (κ1) is 11.5. The second-order valence-corrected chi connectivity index (χ2v) is 3.56. The van der Waals surface area contributed by atoms with Crippen LogP contribution in [0.2, 0.25) is 5.02 Å². The van der Waals surface area contributed by atoms with E-state index in [1.807, 2.05) is 0 Å². The van der Waals surface area contributed by atoms with E-state index in [0.29, 0.717) is 22.7 Å². The molecule has 0 saturated carbocycles. The number of anilines is 1. The van der Waals surface area contributed by atoms with Crippen molar-refractivity contribution >= 4 is 29.6 Å². The van der Waals surface area contributed by atoms with E-state index >= 15 is 0 Å². The summed E-state index contributed by atoms with van der Waals surface area (Å²) in [4.78, 5) is 23.3. The molecule has 1 aromatic rings. The van der Waals surface area contributed by atoms with E-state index in [0.717, 1.165) is 0 Å². The normalized spacial score (nSPS) is 9.53. The van der Waals surface area contributed by atoms with E-state index in [1.54, 1.807) is 32.3 Å². The molecule has 0 radical (unpaired) electrons. The molecule has 0 fully saturated rings. The minimum Gasteiger partial charge on any atom is -0.345 e. The van der Waals surface area contributed by atoms with Crippen molar-refractivity contribution in [3.8, 4) is 0 Å². The SMILES string of the molecule is CN(C)C(=O)c1cc(NC=O)ccc1Cl. The molecule has 0 aliphatic heterocycles. The quantitative estimate of drug-likeness (QED) is 0.797. The summed E-state index contributed by atoms with van der Waals surface area (Å²) in [5.41, 5.74) is 0.910. The maximum Gasteiger partial charge on any atom is 0.254 e. The Hall–Kier alpha value is -1.55. The van der Waals surface area contributed by atoms with Crippen molar-refractivity contribution in [3.05, 3.63) is 28.8 Å². The zero-order chi connectivity index (χ0) is 11.4. The third kappa shape index (κ3) is 2.70. The molecule has 0 bridgehead atoms. The molecule has 2 amide bonds. The number of hydrogen-bond donors (Lipinski definition) is 1. The Balaban J connectivity index is 3.10. The van der Waals surface area contributed by atoms with E-state index in [4.69, 9.17) is 11.6 Å². The molecule has 0 spiro atoms. The van der Waals surface area contributed by atoms with Crippen molar-refractivity contribution in [2.75, 3.05) is 19.4 Å². The number of nitrogens with zero attached hydrogens (tertiary/aromatic N) is 1. The van der Waals surface area contributed by atoms with Crippen LogP contribution in [0, 0.1) is 0 Å². The molecule has 1 aromatic carbocycles. The van der Waals surface area contributed by atoms with Gasteiger partial charge >= 0.3 is 0 Å². The van der Waals surface area contributed by atoms with Crippen molar-refractivity contribution in [2.24, 2.45) is 0 Å². The number of carbonyl (C=O) groups is 2. The van der Waals surface area contributed by atoms with Gasteiger partial charge in [-0.3, -0.25) is 9.59 Å². The Kier molecular flexibility index (Phi) is 3.68. The average molecular weight is 227 g/mol. The molecule has 0 heterocycles. The molecule has 80 valence electrons. The number of rotatable bonds is 3. The van der Waals surface area contributed by atoms with Gasteiger partial charge in [-0.1, -0.05) is 11.6 Å². The van der Waals surface area contributed by atoms with Crippen LogP contribution in [0.15, 0.2) is 18.2 Å². The van der Waals surface area contributed by atoms with Crippen LogP contribution in [-0.2, 0) is 4.79 Å². The molecule has 0 saturated heterocycles. The lowest BCUT2D eigenvalue weighted by Crippen LogP contribution is -2.22. The fraction of sp³-hybridized carbons (Fsp3) is 0.200. The molecule has 1 rings (SSSR count). The van der Waals surface area contributed by atoms with Crippen LogP contribution in [0.3, 0.4) is 0 Å². The van der Waals surface area contributed by atoms with Crippen LogP contribution in [0.5, 0.6) is 0 Å². The van der Waals surface area contributed by atoms with Gasteiger partial charge in [-0.2, -0.15) is 0 Å². The van der Waals surface area contributed by atoms with Crippen molar-refractivity contribution in [3.63, 3.8) is 0 Å². The fourth-order valence-electron chi connectivity index (χ4n) is 1.09. The summed E-state index contributed by atoms with van der Waals surface area (Å²) < 4.78 is 0. The number of halogens is 1. The third-order valence-corrected chi connectivity index (χ3v) is 2.16. The lowest BCUT2D eigenvalue weighted by molar-refractivity contribution is -0.105. The second-order valence-electron chi connectivity index (χ2n) is 3.16. The number of carbonyl (C=O) groups excluding carboxylic acids is 2. The van der Waals surface area contributed by atoms with E-state index in [-0.39, 0.29) is 5.91 Å². The highest BCUT2D eigenvalue weighted by Crippen LogP contribution is 2.21. The molecule has 0 unspecified atom stereocenters. The smallest absolute Gasteiger partial charge is 0.254 e. The molecule has 1 N–H and O–H groups in total. The molecule has 5 heteroatoms. The van der Waals surface area contributed by atoms with Crippen LogP contribution in [-0.4, -0.2) is 31.3 Å². The Morgan fingerprint density at radius 2 is 2.13 bits per heavy atom. The first-order chi connectivity index (χ1) is 7.06. The summed E-state index contributed by atoms with van der Waals surface area (Å²) in [7, 11) is 3.27. The lowest BCUT2D eigenvalue weighted by Gasteiger charge is -2.12. The second kappa shape index (κ2) is 4.79. The Labute approximate surface area is 92.8 Å². The summed E-state index contributed by atoms with van der Waals surface area (Å²) >= 11 is 5.87. The fourth-order valence-corrected chi connectivity index (χ4v) is 1.29. The zero-order valence-corrected chi connectivity index (χ0v) is 9.21. The largest absolute Gasteiger partial charge is 0.345 e. The average Bonchev–Trinajstić information content (AvgIpc) is 2.20. The first-order valence-electron chi connectivity index (χ1n) is 4.27. The minimum absolute atomic E-state index is 0.199. The van der Waals surface area contributed by atoms with Crippen LogP contribution in [0.25, 0.3) is 0 Å². The molecular formula is C10H11ClN2O2. The number of hydrogen-bond acceptors (Lipinski definition) is 2.